The van der Waals surface area contributed by atoms with Crippen LogP contribution < -0.4 is 87.6 Å². The fourth-order valence-electron chi connectivity index (χ4n) is 19.7. The smallest absolute Gasteiger partial charge is 0.407 e. The fourth-order valence-corrected chi connectivity index (χ4v) is 19.7. The number of hydrogen-bond acceptors (Lipinski definition) is 20. The number of benzene rings is 6. The molecule has 3 aliphatic rings. The van der Waals surface area contributed by atoms with E-state index in [1.165, 1.54) is 9.80 Å². The molecule has 27 N–H and O–H groups in total. The number of amides is 12. The minimum absolute atomic E-state index is 0.0142. The number of nitrogens with zero attached hydrogens (tertiary/aromatic N) is 2. The first-order valence-electron chi connectivity index (χ1n) is 50.1. The number of rotatable bonds is 56. The lowest BCUT2D eigenvalue weighted by Crippen LogP contribution is -2.61. The van der Waals surface area contributed by atoms with Crippen LogP contribution in [0.25, 0.3) is 54.7 Å². The van der Waals surface area contributed by atoms with E-state index in [0.717, 1.165) is 65.9 Å². The van der Waals surface area contributed by atoms with Crippen LogP contribution in [0.5, 0.6) is 0 Å². The molecule has 37 heteroatoms. The van der Waals surface area contributed by atoms with Crippen molar-refractivity contribution in [2.45, 2.75) is 245 Å². The van der Waals surface area contributed by atoms with Crippen molar-refractivity contribution in [3.05, 3.63) is 204 Å². The number of carbonyl (C=O) groups is 13. The number of H-pyrrole nitrogens is 4. The maximum absolute atomic E-state index is 15.7. The Morgan fingerprint density at radius 1 is 0.324 bits per heavy atom. The third-order valence-corrected chi connectivity index (χ3v) is 27.3. The van der Waals surface area contributed by atoms with E-state index in [2.05, 4.69) is 73.1 Å². The first-order chi connectivity index (χ1) is 69.0. The summed E-state index contributed by atoms with van der Waals surface area (Å²) in [6.45, 7) is 1.69. The van der Waals surface area contributed by atoms with Gasteiger partial charge in [0.1, 0.15) is 79.1 Å². The van der Waals surface area contributed by atoms with Gasteiger partial charge in [-0.25, -0.2) is 9.59 Å². The fraction of sp³-hybridized carbons (Fsp3) is 0.457. The van der Waals surface area contributed by atoms with Crippen molar-refractivity contribution >= 4 is 121 Å². The number of nitrogens with two attached hydrogens (primary N) is 6. The zero-order valence-corrected chi connectivity index (χ0v) is 80.4. The second-order valence-corrected chi connectivity index (χ2v) is 37.3. The molecular formula is C105H138N22O15. The molecule has 0 saturated carbocycles. The molecule has 0 spiro atoms. The minimum Gasteiger partial charge on any atom is -0.480 e. The summed E-state index contributed by atoms with van der Waals surface area (Å²) in [6.07, 6.45) is 11.8. The first-order valence-corrected chi connectivity index (χ1v) is 50.1. The summed E-state index contributed by atoms with van der Waals surface area (Å²) in [6, 6.07) is 29.5. The molecule has 0 bridgehead atoms. The minimum atomic E-state index is -1.44. The monoisotopic (exact) mass is 1950 g/mol. The Morgan fingerprint density at radius 3 is 0.965 bits per heavy atom. The van der Waals surface area contributed by atoms with Gasteiger partial charge in [-0.2, -0.15) is 0 Å². The topological polar surface area (TPSA) is 597 Å². The number of para-hydroxylation sites is 4. The predicted octanol–water partition coefficient (Wildman–Crippen LogP) is 5.99. The van der Waals surface area contributed by atoms with Gasteiger partial charge in [-0.3, -0.25) is 52.7 Å². The highest BCUT2D eigenvalue weighted by Gasteiger charge is 2.46. The molecule has 0 unspecified atom stereocenters. The highest BCUT2D eigenvalue weighted by Crippen LogP contribution is 2.45. The van der Waals surface area contributed by atoms with Crippen molar-refractivity contribution < 1.29 is 72.2 Å². The van der Waals surface area contributed by atoms with E-state index in [0.29, 0.717) is 125 Å². The number of nitrogens with one attached hydrogen (secondary N) is 14. The van der Waals surface area contributed by atoms with E-state index in [1.54, 1.807) is 24.8 Å². The summed E-state index contributed by atoms with van der Waals surface area (Å²) in [7, 11) is 0. The number of aliphatic carboxylic acids is 1. The molecular weight excluding hydrogens is 1810 g/mol. The van der Waals surface area contributed by atoms with Gasteiger partial charge in [0.25, 0.3) is 0 Å². The van der Waals surface area contributed by atoms with Crippen molar-refractivity contribution in [2.75, 3.05) is 59.0 Å². The van der Waals surface area contributed by atoms with Crippen LogP contribution in [0.2, 0.25) is 0 Å². The van der Waals surface area contributed by atoms with Crippen LogP contribution in [0, 0.1) is 0 Å². The van der Waals surface area contributed by atoms with Crippen molar-refractivity contribution in [1.82, 2.24) is 82.9 Å². The van der Waals surface area contributed by atoms with Gasteiger partial charge in [0.15, 0.2) is 0 Å². The van der Waals surface area contributed by atoms with Gasteiger partial charge in [-0.15, -0.1) is 0 Å². The van der Waals surface area contributed by atoms with Gasteiger partial charge in [0.2, 0.25) is 65.0 Å². The van der Waals surface area contributed by atoms with E-state index >= 15 is 43.2 Å². The normalized spacial score (nSPS) is 16.1. The van der Waals surface area contributed by atoms with Gasteiger partial charge >= 0.3 is 12.1 Å². The summed E-state index contributed by atoms with van der Waals surface area (Å²) in [5.74, 6) is -9.57. The molecule has 2 fully saturated rings. The maximum Gasteiger partial charge on any atom is 0.407 e. The van der Waals surface area contributed by atoms with Gasteiger partial charge in [0, 0.05) is 113 Å². The Kier molecular flexibility index (Phi) is 39.1. The molecule has 2 saturated heterocycles. The molecule has 12 amide bonds. The van der Waals surface area contributed by atoms with Gasteiger partial charge in [0.05, 0.1) is 0 Å². The average Bonchev–Trinajstić information content (AvgIpc) is 1.61. The summed E-state index contributed by atoms with van der Waals surface area (Å²) in [5.41, 5.74) is 45.5. The number of aromatic amines is 4. The highest BCUT2D eigenvalue weighted by molar-refractivity contribution is 6.02. The second-order valence-electron chi connectivity index (χ2n) is 37.3. The SMILES string of the molecule is NCCCC[C@@H](NC(=O)[C@@H](Cc1c[nH]c2ccccc12)NC(=O)[C@@H](CCCCN)NC(=O)[C@@H](Cc1c[nH]c2ccccc12)NC(=O)[C@@H](CCCCN)NC(=O)[C@@H]1CCCN1C(=O)[C@H]1CCCN1C(=O)[C@@H](CCCCN)NC(=O)[C@@H](Cc1c[nH]c2ccccc12)NC(=O)[C@@H](CCCCN)NC(=O)[C@@H](Cc1c[nH]c2ccccc12)NC(=O)[C@@H](CCCCN)NC(=O)OCC1c2ccccc2-c2ccccc21)C(=O)O. The lowest BCUT2D eigenvalue weighted by atomic mass is 9.98. The van der Waals surface area contributed by atoms with Crippen molar-refractivity contribution in [2.24, 2.45) is 34.4 Å². The molecule has 1 aliphatic carbocycles. The van der Waals surface area contributed by atoms with E-state index < -0.39 is 150 Å². The molecule has 0 radical (unpaired) electrons. The molecule has 6 aromatic carbocycles. The quantitative estimate of drug-likeness (QED) is 0.0194. The van der Waals surface area contributed by atoms with Crippen molar-refractivity contribution in [3.8, 4) is 11.1 Å². The number of likely N-dealkylation sites (tertiary alicyclic amines) is 2. The summed E-state index contributed by atoms with van der Waals surface area (Å²) in [5, 5.41) is 42.1. The first kappa shape index (κ1) is 105. The van der Waals surface area contributed by atoms with E-state index in [4.69, 9.17) is 39.1 Å². The Balaban J connectivity index is 0.715. The number of ether oxygens (including phenoxy) is 1. The largest absolute Gasteiger partial charge is 0.480 e. The number of carboxylic acid groups (broad SMARTS) is 1. The van der Waals surface area contributed by atoms with Crippen LogP contribution in [0.3, 0.4) is 0 Å². The summed E-state index contributed by atoms with van der Waals surface area (Å²) in [4.78, 5) is 211. The number of unbranched alkanes of at least 4 members (excludes halogenated alkanes) is 6. The van der Waals surface area contributed by atoms with Crippen LogP contribution >= 0.6 is 0 Å². The van der Waals surface area contributed by atoms with Gasteiger partial charge in [-0.1, -0.05) is 121 Å². The number of aromatic nitrogens is 4. The molecule has 2 aliphatic heterocycles. The Labute approximate surface area is 825 Å². The third kappa shape index (κ3) is 27.7. The van der Waals surface area contributed by atoms with Crippen LogP contribution in [0.4, 0.5) is 4.79 Å². The second kappa shape index (κ2) is 52.6. The number of hydrogen-bond donors (Lipinski definition) is 21. The molecule has 4 aromatic heterocycles. The Bertz CT molecular complexity index is 5950. The van der Waals surface area contributed by atoms with Crippen LogP contribution in [0.1, 0.15) is 181 Å². The number of carbonyl (C=O) groups excluding carboxylic acids is 12. The van der Waals surface area contributed by atoms with Gasteiger partial charge < -0.3 is 127 Å². The van der Waals surface area contributed by atoms with Crippen LogP contribution in [-0.4, -0.2) is 243 Å². The third-order valence-electron chi connectivity index (χ3n) is 27.3. The molecule has 37 nitrogen and oxygen atoms in total. The molecule has 13 rings (SSSR count). The van der Waals surface area contributed by atoms with Crippen molar-refractivity contribution in [3.63, 3.8) is 0 Å². The molecule has 758 valence electrons. The summed E-state index contributed by atoms with van der Waals surface area (Å²) < 4.78 is 5.95. The predicted molar refractivity (Wildman–Crippen MR) is 542 cm³/mol. The lowest BCUT2D eigenvalue weighted by Gasteiger charge is -2.34. The standard InChI is InChI=1S/C105H138N22O15/c106-47-19-13-39-81(117-98(133)88(56-65-60-113-78-36-10-6-28-69(65)78)124-96(131)84(42-16-22-50-109)125-105(141)142-63-76-74-33-3-1-31-72(74)73-32-2-4-34-75(73)76)93(128)122-89(57-66-61-114-79-37-11-7-29-70(66)79)99(134)119-85(43-17-23-51-110)102(137)127-54-26-46-92(127)103(138)126-53-25-45-91(126)101(136)118-83(41-15-21-49-108)95(130)121-87(55-64-59-112-77-35-9-5-27-68(64)77)97(132)116-82(40-14-20-48-107)94(129)123-90(58-67-62-115-80-38-12-8-30-71(67)80)100(135)120-86(104(139)140)44-18-24-52-111/h1-12,27-38,59-62,76,81-92,112-115H,13-26,39-58,63,106-111H2,(H,116,132)(H,117,133)(H,118,136)(H,119,134)(H,120,135)(H,121,130)(H,122,128)(H,123,129)(H,124,131)(H,125,141)(H,139,140)/t81-,82-,83-,84-,85-,86-,87-,88-,89-,90-,91+,92-/m1/s1. The number of alkyl carbamates (subject to hydrolysis) is 1. The zero-order chi connectivity index (χ0) is 101. The highest BCUT2D eigenvalue weighted by atomic mass is 16.5. The Morgan fingerprint density at radius 2 is 0.606 bits per heavy atom. The number of fused-ring (bicyclic) bond motifs is 7. The lowest BCUT2D eigenvalue weighted by molar-refractivity contribution is -0.148. The molecule has 12 atom stereocenters. The van der Waals surface area contributed by atoms with E-state index in [-0.39, 0.29) is 129 Å². The molecule has 10 aromatic rings. The Hall–Kier alpha value is -13.9. The van der Waals surface area contributed by atoms with Crippen molar-refractivity contribution in [1.29, 1.82) is 0 Å². The van der Waals surface area contributed by atoms with E-state index in [9.17, 15) is 24.3 Å². The molecule has 6 heterocycles. The maximum atomic E-state index is 15.7. The summed E-state index contributed by atoms with van der Waals surface area (Å²) >= 11 is 0. The van der Waals surface area contributed by atoms with Crippen LogP contribution in [-0.2, 0) is 88.0 Å². The molecule has 142 heavy (non-hydrogen) atoms. The number of carboxylic acids is 1. The van der Waals surface area contributed by atoms with Gasteiger partial charge in [-0.05, 0) is 249 Å². The zero-order valence-electron chi connectivity index (χ0n) is 80.4. The average molecular weight is 1950 g/mol. The van der Waals surface area contributed by atoms with Crippen LogP contribution in [0.15, 0.2) is 170 Å². The van der Waals surface area contributed by atoms with E-state index in [1.807, 2.05) is 146 Å².